The van der Waals surface area contributed by atoms with Crippen LogP contribution in [0.1, 0.15) is 24.6 Å². The lowest BCUT2D eigenvalue weighted by Crippen LogP contribution is -2.04. The van der Waals surface area contributed by atoms with Crippen molar-refractivity contribution in [1.29, 1.82) is 0 Å². The van der Waals surface area contributed by atoms with Crippen LogP contribution in [0, 0.1) is 0 Å². The summed E-state index contributed by atoms with van der Waals surface area (Å²) in [5, 5.41) is 18.4. The number of benzene rings is 1. The van der Waals surface area contributed by atoms with Gasteiger partial charge in [0.1, 0.15) is 5.82 Å². The molecule has 5 nitrogen and oxygen atoms in total. The molecule has 104 valence electrons. The third-order valence-electron chi connectivity index (χ3n) is 2.99. The number of carboxylic acid groups (broad SMARTS) is 1. The Morgan fingerprint density at radius 2 is 2.25 bits per heavy atom. The number of aliphatic carboxylic acids is 1. The minimum atomic E-state index is -0.872. The van der Waals surface area contributed by atoms with E-state index in [0.29, 0.717) is 16.1 Å². The molecule has 1 fully saturated rings. The standard InChI is InChI=1S/C13H12ClN3O2S/c14-9-2-1-3-10(6-9)17-12(8-4-5-8)15-16-13(17)20-7-11(18)19/h1-3,6,8H,4-5,7H2,(H,18,19). The van der Waals surface area contributed by atoms with Crippen LogP contribution in [0.2, 0.25) is 5.02 Å². The van der Waals surface area contributed by atoms with Gasteiger partial charge in [-0.1, -0.05) is 29.4 Å². The first kappa shape index (κ1) is 13.5. The lowest BCUT2D eigenvalue weighted by atomic mass is 10.3. The predicted octanol–water partition coefficient (Wildman–Crippen LogP) is 2.97. The Kier molecular flexibility index (Phi) is 3.67. The molecule has 0 atom stereocenters. The average Bonchev–Trinajstić information content (AvgIpc) is 3.16. The van der Waals surface area contributed by atoms with Crippen LogP contribution < -0.4 is 0 Å². The molecule has 0 aliphatic heterocycles. The number of rotatable bonds is 5. The zero-order valence-corrected chi connectivity index (χ0v) is 12.1. The number of hydrogen-bond acceptors (Lipinski definition) is 4. The lowest BCUT2D eigenvalue weighted by molar-refractivity contribution is -0.133. The summed E-state index contributed by atoms with van der Waals surface area (Å²) in [6.07, 6.45) is 2.20. The molecule has 3 rings (SSSR count). The van der Waals surface area contributed by atoms with Gasteiger partial charge in [0.15, 0.2) is 5.16 Å². The van der Waals surface area contributed by atoms with Crippen molar-refractivity contribution in [2.24, 2.45) is 0 Å². The fraction of sp³-hybridized carbons (Fsp3) is 0.308. The summed E-state index contributed by atoms with van der Waals surface area (Å²) in [5.74, 6) is 0.396. The molecule has 1 aromatic heterocycles. The largest absolute Gasteiger partial charge is 0.481 e. The van der Waals surface area contributed by atoms with E-state index in [1.54, 1.807) is 6.07 Å². The first-order valence-electron chi connectivity index (χ1n) is 6.21. The SMILES string of the molecule is O=C(O)CSc1nnc(C2CC2)n1-c1cccc(Cl)c1. The average molecular weight is 310 g/mol. The van der Waals surface area contributed by atoms with Crippen molar-refractivity contribution in [3.8, 4) is 5.69 Å². The van der Waals surface area contributed by atoms with Gasteiger partial charge in [0.25, 0.3) is 0 Å². The number of thioether (sulfide) groups is 1. The quantitative estimate of drug-likeness (QED) is 0.860. The van der Waals surface area contributed by atoms with Gasteiger partial charge in [0, 0.05) is 10.9 Å². The van der Waals surface area contributed by atoms with Crippen LogP contribution in [0.5, 0.6) is 0 Å². The van der Waals surface area contributed by atoms with E-state index in [-0.39, 0.29) is 5.75 Å². The second-order valence-corrected chi connectivity index (χ2v) is 5.99. The second kappa shape index (κ2) is 5.46. The van der Waals surface area contributed by atoms with Crippen LogP contribution in [0.4, 0.5) is 0 Å². The number of carboxylic acids is 1. The molecule has 0 amide bonds. The summed E-state index contributed by atoms with van der Waals surface area (Å²) in [7, 11) is 0. The molecule has 1 saturated carbocycles. The Balaban J connectivity index is 2.01. The number of nitrogens with zero attached hydrogens (tertiary/aromatic N) is 3. The summed E-state index contributed by atoms with van der Waals surface area (Å²) in [6, 6.07) is 7.42. The highest BCUT2D eigenvalue weighted by Gasteiger charge is 2.31. The fourth-order valence-corrected chi connectivity index (χ4v) is 2.83. The first-order chi connectivity index (χ1) is 9.65. The van der Waals surface area contributed by atoms with Gasteiger partial charge in [-0.2, -0.15) is 0 Å². The molecule has 7 heteroatoms. The molecule has 0 saturated heterocycles. The number of aromatic nitrogens is 3. The number of carbonyl (C=O) groups is 1. The van der Waals surface area contributed by atoms with E-state index in [4.69, 9.17) is 16.7 Å². The van der Waals surface area contributed by atoms with E-state index in [1.807, 2.05) is 22.8 Å². The molecule has 2 aromatic rings. The Hall–Kier alpha value is -1.53. The highest BCUT2D eigenvalue weighted by Crippen LogP contribution is 2.41. The van der Waals surface area contributed by atoms with Crippen molar-refractivity contribution < 1.29 is 9.90 Å². The zero-order chi connectivity index (χ0) is 14.1. The van der Waals surface area contributed by atoms with Gasteiger partial charge >= 0.3 is 5.97 Å². The van der Waals surface area contributed by atoms with Crippen molar-refractivity contribution in [1.82, 2.24) is 14.8 Å². The minimum absolute atomic E-state index is 0.0383. The predicted molar refractivity (Wildman–Crippen MR) is 76.7 cm³/mol. The molecule has 1 aliphatic rings. The van der Waals surface area contributed by atoms with E-state index in [0.717, 1.165) is 24.4 Å². The molecule has 1 heterocycles. The lowest BCUT2D eigenvalue weighted by Gasteiger charge is -2.09. The van der Waals surface area contributed by atoms with Crippen LogP contribution in [0.25, 0.3) is 5.69 Å². The summed E-state index contributed by atoms with van der Waals surface area (Å²) in [6.45, 7) is 0. The van der Waals surface area contributed by atoms with Gasteiger partial charge < -0.3 is 5.11 Å². The van der Waals surface area contributed by atoms with Crippen molar-refractivity contribution in [3.05, 3.63) is 35.1 Å². The van der Waals surface area contributed by atoms with E-state index in [1.165, 1.54) is 11.8 Å². The second-order valence-electron chi connectivity index (χ2n) is 4.61. The van der Waals surface area contributed by atoms with Gasteiger partial charge in [0.05, 0.1) is 11.4 Å². The summed E-state index contributed by atoms with van der Waals surface area (Å²) < 4.78 is 1.91. The Bertz CT molecular complexity index is 655. The van der Waals surface area contributed by atoms with Gasteiger partial charge in [-0.05, 0) is 31.0 Å². The fourth-order valence-electron chi connectivity index (χ4n) is 1.96. The van der Waals surface area contributed by atoms with Crippen LogP contribution in [0.3, 0.4) is 0 Å². The summed E-state index contributed by atoms with van der Waals surface area (Å²) in [5.41, 5.74) is 0.872. The Morgan fingerprint density at radius 1 is 1.45 bits per heavy atom. The van der Waals surface area contributed by atoms with Crippen molar-refractivity contribution in [3.63, 3.8) is 0 Å². The molecule has 0 spiro atoms. The molecule has 1 N–H and O–H groups in total. The van der Waals surface area contributed by atoms with Gasteiger partial charge in [-0.15, -0.1) is 10.2 Å². The molecule has 0 unspecified atom stereocenters. The van der Waals surface area contributed by atoms with Gasteiger partial charge in [0.2, 0.25) is 0 Å². The molecule has 1 aliphatic carbocycles. The zero-order valence-electron chi connectivity index (χ0n) is 10.5. The normalized spacial score (nSPS) is 14.4. The monoisotopic (exact) mass is 309 g/mol. The molecule has 0 radical (unpaired) electrons. The van der Waals surface area contributed by atoms with E-state index in [2.05, 4.69) is 10.2 Å². The minimum Gasteiger partial charge on any atom is -0.481 e. The van der Waals surface area contributed by atoms with Crippen molar-refractivity contribution in [2.45, 2.75) is 23.9 Å². The van der Waals surface area contributed by atoms with E-state index < -0.39 is 5.97 Å². The maximum atomic E-state index is 10.7. The van der Waals surface area contributed by atoms with Crippen molar-refractivity contribution in [2.75, 3.05) is 5.75 Å². The highest BCUT2D eigenvalue weighted by atomic mass is 35.5. The molecule has 0 bridgehead atoms. The van der Waals surface area contributed by atoms with Gasteiger partial charge in [-0.25, -0.2) is 0 Å². The number of halogens is 1. The Morgan fingerprint density at radius 3 is 2.90 bits per heavy atom. The van der Waals surface area contributed by atoms with Gasteiger partial charge in [-0.3, -0.25) is 9.36 Å². The topological polar surface area (TPSA) is 68.0 Å². The molecular formula is C13H12ClN3O2S. The summed E-state index contributed by atoms with van der Waals surface area (Å²) >= 11 is 7.20. The maximum Gasteiger partial charge on any atom is 0.313 e. The molecule has 1 aromatic carbocycles. The summed E-state index contributed by atoms with van der Waals surface area (Å²) in [4.78, 5) is 10.7. The van der Waals surface area contributed by atoms with E-state index in [9.17, 15) is 4.79 Å². The van der Waals surface area contributed by atoms with E-state index >= 15 is 0 Å². The third kappa shape index (κ3) is 2.81. The van der Waals surface area contributed by atoms with Crippen LogP contribution >= 0.6 is 23.4 Å². The van der Waals surface area contributed by atoms with Crippen LogP contribution in [-0.2, 0) is 4.79 Å². The van der Waals surface area contributed by atoms with Crippen LogP contribution in [0.15, 0.2) is 29.4 Å². The van der Waals surface area contributed by atoms with Crippen molar-refractivity contribution >= 4 is 29.3 Å². The van der Waals surface area contributed by atoms with Crippen LogP contribution in [-0.4, -0.2) is 31.6 Å². The smallest absolute Gasteiger partial charge is 0.313 e. The first-order valence-corrected chi connectivity index (χ1v) is 7.57. The Labute approximate surface area is 125 Å². The number of hydrogen-bond donors (Lipinski definition) is 1. The third-order valence-corrected chi connectivity index (χ3v) is 4.14. The highest BCUT2D eigenvalue weighted by molar-refractivity contribution is 7.99. The molecular weight excluding hydrogens is 298 g/mol. The maximum absolute atomic E-state index is 10.7. The molecule has 20 heavy (non-hydrogen) atoms.